The maximum absolute atomic E-state index is 13.0. The lowest BCUT2D eigenvalue weighted by molar-refractivity contribution is -0.0695. The third-order valence-electron chi connectivity index (χ3n) is 5.27. The first-order valence-electron chi connectivity index (χ1n) is 8.68. The van der Waals surface area contributed by atoms with Crippen LogP contribution in [0.1, 0.15) is 11.6 Å². The molecule has 0 fully saturated rings. The lowest BCUT2D eigenvalue weighted by atomic mass is 9.88. The van der Waals surface area contributed by atoms with Crippen molar-refractivity contribution >= 4 is 45.3 Å². The van der Waals surface area contributed by atoms with Crippen LogP contribution in [0.25, 0.3) is 22.1 Å². The molecule has 4 atom stereocenters. The summed E-state index contributed by atoms with van der Waals surface area (Å²) in [6.45, 7) is 1.10. The topological polar surface area (TPSA) is 136 Å². The lowest BCUT2D eigenvalue weighted by Crippen LogP contribution is -2.47. The van der Waals surface area contributed by atoms with Crippen LogP contribution in [0.5, 0.6) is 5.75 Å². The van der Waals surface area contributed by atoms with Crippen molar-refractivity contribution in [3.8, 4) is 5.75 Å². The largest absolute Gasteiger partial charge is 0.505 e. The van der Waals surface area contributed by atoms with Gasteiger partial charge in [-0.3, -0.25) is 9.36 Å². The molecule has 2 heterocycles. The number of aromatic hydroxyl groups is 1. The third-order valence-corrected chi connectivity index (χ3v) is 5.85. The predicted octanol–water partition coefficient (Wildman–Crippen LogP) is 1.62. The Balaban J connectivity index is 2.07. The van der Waals surface area contributed by atoms with Crippen molar-refractivity contribution in [1.29, 1.82) is 0 Å². The van der Waals surface area contributed by atoms with Gasteiger partial charge in [0.15, 0.2) is 0 Å². The lowest BCUT2D eigenvalue weighted by Gasteiger charge is -2.35. The number of phenols is 1. The molecule has 4 rings (SSSR count). The van der Waals surface area contributed by atoms with Gasteiger partial charge in [0.1, 0.15) is 40.2 Å². The molecule has 5 N–H and O–H groups in total. The van der Waals surface area contributed by atoms with Crippen molar-refractivity contribution in [2.75, 3.05) is 6.61 Å². The van der Waals surface area contributed by atoms with Crippen LogP contribution in [-0.4, -0.2) is 55.0 Å². The van der Waals surface area contributed by atoms with Gasteiger partial charge < -0.3 is 29.9 Å². The molecule has 154 valence electrons. The molecule has 0 saturated heterocycles. The molecule has 3 aromatic rings. The van der Waals surface area contributed by atoms with Gasteiger partial charge in [0, 0.05) is 0 Å². The number of aromatic nitrogens is 1. The Morgan fingerprint density at radius 3 is 2.52 bits per heavy atom. The fraction of sp³-hybridized carbons (Fsp3) is 0.316. The highest BCUT2D eigenvalue weighted by molar-refractivity contribution is 6.33. The van der Waals surface area contributed by atoms with Gasteiger partial charge in [-0.15, -0.1) is 0 Å². The fourth-order valence-corrected chi connectivity index (χ4v) is 4.30. The summed E-state index contributed by atoms with van der Waals surface area (Å²) in [5, 5.41) is 50.3. The average molecular weight is 442 g/mol. The smallest absolute Gasteiger partial charge is 0.213 e. The summed E-state index contributed by atoms with van der Waals surface area (Å²) >= 11 is 12.3. The van der Waals surface area contributed by atoms with E-state index in [2.05, 4.69) is 0 Å². The molecule has 0 saturated carbocycles. The van der Waals surface area contributed by atoms with Crippen LogP contribution in [0.15, 0.2) is 33.0 Å². The Morgan fingerprint density at radius 1 is 1.17 bits per heavy atom. The van der Waals surface area contributed by atoms with Crippen LogP contribution in [-0.2, 0) is 0 Å². The molecule has 2 aromatic heterocycles. The van der Waals surface area contributed by atoms with Crippen molar-refractivity contribution in [2.24, 2.45) is 0 Å². The van der Waals surface area contributed by atoms with E-state index in [4.69, 9.17) is 27.6 Å². The van der Waals surface area contributed by atoms with E-state index in [9.17, 15) is 30.3 Å². The monoisotopic (exact) mass is 441 g/mol. The number of benzene rings is 1. The van der Waals surface area contributed by atoms with E-state index in [1.165, 1.54) is 22.8 Å². The molecule has 4 unspecified atom stereocenters. The van der Waals surface area contributed by atoms with Crippen molar-refractivity contribution in [2.45, 2.75) is 31.3 Å². The Kier molecular flexibility index (Phi) is 4.89. The SMILES string of the molecule is Cc1cc(Cl)c(O)c2c(=O)c3cc(Cl)n(C4C=C(CO)C(O)C(O)C4O)c3oc12. The zero-order valence-corrected chi connectivity index (χ0v) is 16.5. The van der Waals surface area contributed by atoms with Gasteiger partial charge in [-0.2, -0.15) is 0 Å². The van der Waals surface area contributed by atoms with Gasteiger partial charge in [-0.05, 0) is 30.2 Å². The summed E-state index contributed by atoms with van der Waals surface area (Å²) in [5.41, 5.74) is 0.116. The highest BCUT2D eigenvalue weighted by Crippen LogP contribution is 2.38. The van der Waals surface area contributed by atoms with E-state index in [0.29, 0.717) is 5.56 Å². The number of fused-ring (bicyclic) bond motifs is 2. The Labute approximate surface area is 173 Å². The summed E-state index contributed by atoms with van der Waals surface area (Å²) in [6.07, 6.45) is -3.16. The second kappa shape index (κ2) is 7.02. The second-order valence-electron chi connectivity index (χ2n) is 7.03. The standard InChI is InChI=1S/C19H17Cl2NO7/c1-6-2-9(20)15(26)12-14(25)8-4-11(21)22(19(8)29-18(6)12)10-3-7(5-23)13(24)17(28)16(10)27/h2-4,10,13,16-17,23-24,26-28H,5H2,1H3. The highest BCUT2D eigenvalue weighted by atomic mass is 35.5. The van der Waals surface area contributed by atoms with Crippen molar-refractivity contribution in [3.05, 3.63) is 49.7 Å². The summed E-state index contributed by atoms with van der Waals surface area (Å²) in [6, 6.07) is 1.73. The van der Waals surface area contributed by atoms with Gasteiger partial charge in [0.05, 0.1) is 23.1 Å². The van der Waals surface area contributed by atoms with Gasteiger partial charge in [-0.25, -0.2) is 0 Å². The summed E-state index contributed by atoms with van der Waals surface area (Å²) in [7, 11) is 0. The number of nitrogens with zero attached hydrogens (tertiary/aromatic N) is 1. The first kappa shape index (κ1) is 20.2. The van der Waals surface area contributed by atoms with E-state index >= 15 is 0 Å². The minimum absolute atomic E-state index is 0.00139. The van der Waals surface area contributed by atoms with Crippen LogP contribution < -0.4 is 5.43 Å². The Bertz CT molecular complexity index is 1230. The molecule has 0 spiro atoms. The van der Waals surface area contributed by atoms with Crippen molar-refractivity contribution in [3.63, 3.8) is 0 Å². The number of hydrogen-bond donors (Lipinski definition) is 5. The van der Waals surface area contributed by atoms with Crippen LogP contribution in [0.3, 0.4) is 0 Å². The molecule has 0 bridgehead atoms. The fourth-order valence-electron chi connectivity index (χ4n) is 3.74. The molecule has 8 nitrogen and oxygen atoms in total. The first-order valence-corrected chi connectivity index (χ1v) is 9.44. The number of aliphatic hydroxyl groups is 4. The minimum Gasteiger partial charge on any atom is -0.505 e. The van der Waals surface area contributed by atoms with Gasteiger partial charge in [0.25, 0.3) is 0 Å². The number of rotatable bonds is 2. The molecular weight excluding hydrogens is 425 g/mol. The summed E-state index contributed by atoms with van der Waals surface area (Å²) in [4.78, 5) is 13.0. The molecular formula is C19H17Cl2NO7. The molecule has 0 aliphatic heterocycles. The first-order chi connectivity index (χ1) is 13.7. The molecule has 0 amide bonds. The maximum atomic E-state index is 13.0. The van der Waals surface area contributed by atoms with Crippen LogP contribution in [0.2, 0.25) is 10.2 Å². The quantitative estimate of drug-likeness (QED) is 0.381. The molecule has 29 heavy (non-hydrogen) atoms. The zero-order chi connectivity index (χ0) is 21.2. The van der Waals surface area contributed by atoms with Crippen molar-refractivity contribution in [1.82, 2.24) is 4.57 Å². The van der Waals surface area contributed by atoms with E-state index in [0.717, 1.165) is 0 Å². The van der Waals surface area contributed by atoms with E-state index in [1.807, 2.05) is 0 Å². The number of phenolic OH excluding ortho intramolecular Hbond substituents is 1. The maximum Gasteiger partial charge on any atom is 0.213 e. The summed E-state index contributed by atoms with van der Waals surface area (Å²) in [5.74, 6) is -0.412. The van der Waals surface area contributed by atoms with Gasteiger partial charge in [0.2, 0.25) is 11.1 Å². The van der Waals surface area contributed by atoms with Crippen molar-refractivity contribution < 1.29 is 29.9 Å². The minimum atomic E-state index is -1.59. The van der Waals surface area contributed by atoms with E-state index < -0.39 is 42.1 Å². The zero-order valence-electron chi connectivity index (χ0n) is 15.0. The van der Waals surface area contributed by atoms with E-state index in [-0.39, 0.29) is 37.8 Å². The molecule has 1 aromatic carbocycles. The summed E-state index contributed by atoms with van der Waals surface area (Å²) < 4.78 is 7.18. The number of aryl methyl sites for hydroxylation is 1. The average Bonchev–Trinajstić information content (AvgIpc) is 3.01. The second-order valence-corrected chi connectivity index (χ2v) is 7.83. The number of aliphatic hydroxyl groups excluding tert-OH is 4. The Morgan fingerprint density at radius 2 is 1.86 bits per heavy atom. The van der Waals surface area contributed by atoms with Crippen LogP contribution in [0.4, 0.5) is 0 Å². The molecule has 1 aliphatic rings. The number of hydrogen-bond acceptors (Lipinski definition) is 7. The van der Waals surface area contributed by atoms with Crippen LogP contribution >= 0.6 is 23.2 Å². The Hall–Kier alpha value is -2.07. The third kappa shape index (κ3) is 2.87. The van der Waals surface area contributed by atoms with Gasteiger partial charge >= 0.3 is 0 Å². The highest BCUT2D eigenvalue weighted by Gasteiger charge is 2.39. The molecule has 0 radical (unpaired) electrons. The van der Waals surface area contributed by atoms with Crippen LogP contribution in [0, 0.1) is 6.92 Å². The molecule has 1 aliphatic carbocycles. The number of halogens is 2. The predicted molar refractivity (Wildman–Crippen MR) is 107 cm³/mol. The normalized spacial score (nSPS) is 25.0. The van der Waals surface area contributed by atoms with Gasteiger partial charge in [-0.1, -0.05) is 29.3 Å². The molecule has 10 heteroatoms. The van der Waals surface area contributed by atoms with E-state index in [1.54, 1.807) is 6.92 Å².